The first kappa shape index (κ1) is 17.1. The molecule has 1 unspecified atom stereocenters. The number of hydrogen-bond donors (Lipinski definition) is 1. The minimum absolute atomic E-state index is 0.00766. The standard InChI is InChI=1S/C19H15F3O3/c1-2-12-6-5-8-14(10-12)18(19(20,21)22)15(17(23)24)11-13-7-3-4-9-16(13)25-18/h3-11H,2H2,1H3,(H,23,24). The average molecular weight is 348 g/mol. The molecule has 3 rings (SSSR count). The molecule has 130 valence electrons. The first-order valence-electron chi connectivity index (χ1n) is 7.69. The van der Waals surface area contributed by atoms with Crippen molar-refractivity contribution in [3.8, 4) is 5.75 Å². The number of rotatable bonds is 3. The van der Waals surface area contributed by atoms with E-state index in [0.29, 0.717) is 17.5 Å². The predicted octanol–water partition coefficient (Wildman–Crippen LogP) is 4.57. The number of aliphatic carboxylic acids is 1. The van der Waals surface area contributed by atoms with Crippen LogP contribution in [0.1, 0.15) is 23.6 Å². The summed E-state index contributed by atoms with van der Waals surface area (Å²) in [5.74, 6) is -1.68. The molecule has 0 radical (unpaired) electrons. The molecule has 1 aliphatic rings. The quantitative estimate of drug-likeness (QED) is 0.884. The topological polar surface area (TPSA) is 46.5 Å². The van der Waals surface area contributed by atoms with Gasteiger partial charge in [-0.05, 0) is 24.1 Å². The van der Waals surface area contributed by atoms with Crippen molar-refractivity contribution in [3.63, 3.8) is 0 Å². The monoisotopic (exact) mass is 348 g/mol. The van der Waals surface area contributed by atoms with Crippen LogP contribution in [0.3, 0.4) is 0 Å². The van der Waals surface area contributed by atoms with Crippen LogP contribution in [0.25, 0.3) is 6.08 Å². The SMILES string of the molecule is CCc1cccc(C2(C(F)(F)F)Oc3ccccc3C=C2C(=O)O)c1. The van der Waals surface area contributed by atoms with Crippen LogP contribution in [0.15, 0.2) is 54.1 Å². The molecule has 0 bridgehead atoms. The van der Waals surface area contributed by atoms with Crippen LogP contribution in [0.2, 0.25) is 0 Å². The number of para-hydroxylation sites is 1. The lowest BCUT2D eigenvalue weighted by molar-refractivity contribution is -0.240. The maximum absolute atomic E-state index is 14.2. The van der Waals surface area contributed by atoms with E-state index in [-0.39, 0.29) is 11.3 Å². The molecule has 1 N–H and O–H groups in total. The fourth-order valence-electron chi connectivity index (χ4n) is 2.98. The Balaban J connectivity index is 2.33. The first-order chi connectivity index (χ1) is 11.8. The molecule has 1 heterocycles. The first-order valence-corrected chi connectivity index (χ1v) is 7.69. The van der Waals surface area contributed by atoms with Gasteiger partial charge in [0.1, 0.15) is 5.75 Å². The Bertz CT molecular complexity index is 855. The minimum Gasteiger partial charge on any atom is -0.478 e. The Labute approximate surface area is 142 Å². The number of benzene rings is 2. The summed E-state index contributed by atoms with van der Waals surface area (Å²) in [6.07, 6.45) is -3.41. The summed E-state index contributed by atoms with van der Waals surface area (Å²) in [5, 5.41) is 9.50. The van der Waals surface area contributed by atoms with Crippen LogP contribution in [-0.2, 0) is 16.8 Å². The molecular formula is C19H15F3O3. The number of carboxylic acid groups (broad SMARTS) is 1. The molecule has 25 heavy (non-hydrogen) atoms. The van der Waals surface area contributed by atoms with Crippen molar-refractivity contribution < 1.29 is 27.8 Å². The number of carboxylic acids is 1. The number of carbonyl (C=O) groups is 1. The van der Waals surface area contributed by atoms with Crippen LogP contribution in [0.4, 0.5) is 13.2 Å². The molecule has 0 fully saturated rings. The molecule has 0 aromatic heterocycles. The van der Waals surface area contributed by atoms with Gasteiger partial charge in [0.15, 0.2) is 0 Å². The smallest absolute Gasteiger partial charge is 0.437 e. The second-order valence-electron chi connectivity index (χ2n) is 5.74. The number of fused-ring (bicyclic) bond motifs is 1. The Kier molecular flexibility index (Phi) is 4.06. The van der Waals surface area contributed by atoms with E-state index in [1.54, 1.807) is 18.2 Å². The molecule has 3 nitrogen and oxygen atoms in total. The molecule has 0 aliphatic carbocycles. The summed E-state index contributed by atoms with van der Waals surface area (Å²) in [5.41, 5.74) is -3.20. The number of aryl methyl sites for hydroxylation is 1. The Morgan fingerprint density at radius 1 is 1.16 bits per heavy atom. The van der Waals surface area contributed by atoms with E-state index in [9.17, 15) is 23.1 Å². The summed E-state index contributed by atoms with van der Waals surface area (Å²) in [7, 11) is 0. The van der Waals surface area contributed by atoms with E-state index in [2.05, 4.69) is 0 Å². The van der Waals surface area contributed by atoms with Crippen molar-refractivity contribution in [2.45, 2.75) is 25.1 Å². The molecule has 0 saturated heterocycles. The summed E-state index contributed by atoms with van der Waals surface area (Å²) >= 11 is 0. The zero-order valence-corrected chi connectivity index (χ0v) is 13.3. The summed E-state index contributed by atoms with van der Waals surface area (Å²) < 4.78 is 47.9. The van der Waals surface area contributed by atoms with Crippen molar-refractivity contribution in [2.24, 2.45) is 0 Å². The number of ether oxygens (including phenoxy) is 1. The average Bonchev–Trinajstić information content (AvgIpc) is 2.59. The normalized spacial score (nSPS) is 19.6. The number of alkyl halides is 3. The Morgan fingerprint density at radius 3 is 2.52 bits per heavy atom. The van der Waals surface area contributed by atoms with Gasteiger partial charge in [0, 0.05) is 11.1 Å². The molecule has 0 saturated carbocycles. The van der Waals surface area contributed by atoms with Crippen LogP contribution in [0, 0.1) is 0 Å². The molecule has 1 atom stereocenters. The van der Waals surface area contributed by atoms with E-state index in [1.165, 1.54) is 30.3 Å². The lowest BCUT2D eigenvalue weighted by atomic mass is 9.81. The zero-order chi connectivity index (χ0) is 18.2. The Hall–Kier alpha value is -2.76. The van der Waals surface area contributed by atoms with Gasteiger partial charge in [0.05, 0.1) is 5.57 Å². The van der Waals surface area contributed by atoms with Gasteiger partial charge >= 0.3 is 12.1 Å². The van der Waals surface area contributed by atoms with Crippen LogP contribution >= 0.6 is 0 Å². The molecule has 0 spiro atoms. The fraction of sp³-hybridized carbons (Fsp3) is 0.211. The van der Waals surface area contributed by atoms with Crippen molar-refractivity contribution in [1.82, 2.24) is 0 Å². The molecule has 6 heteroatoms. The fourth-order valence-corrected chi connectivity index (χ4v) is 2.98. The molecule has 1 aliphatic heterocycles. The lowest BCUT2D eigenvalue weighted by Crippen LogP contribution is -2.52. The third-order valence-corrected chi connectivity index (χ3v) is 4.23. The van der Waals surface area contributed by atoms with Crippen molar-refractivity contribution >= 4 is 12.0 Å². The highest BCUT2D eigenvalue weighted by atomic mass is 19.4. The maximum atomic E-state index is 14.2. The second kappa shape index (κ2) is 5.95. The molecule has 2 aromatic carbocycles. The highest BCUT2D eigenvalue weighted by Gasteiger charge is 2.64. The zero-order valence-electron chi connectivity index (χ0n) is 13.3. The van der Waals surface area contributed by atoms with Gasteiger partial charge in [-0.25, -0.2) is 4.79 Å². The van der Waals surface area contributed by atoms with E-state index in [0.717, 1.165) is 6.08 Å². The number of hydrogen-bond acceptors (Lipinski definition) is 2. The summed E-state index contributed by atoms with van der Waals surface area (Å²) in [6.45, 7) is 1.81. The molecular weight excluding hydrogens is 333 g/mol. The van der Waals surface area contributed by atoms with Crippen LogP contribution in [0.5, 0.6) is 5.75 Å². The lowest BCUT2D eigenvalue weighted by Gasteiger charge is -2.39. The van der Waals surface area contributed by atoms with E-state index >= 15 is 0 Å². The van der Waals surface area contributed by atoms with E-state index in [1.807, 2.05) is 6.92 Å². The van der Waals surface area contributed by atoms with Crippen LogP contribution < -0.4 is 4.74 Å². The van der Waals surface area contributed by atoms with Gasteiger partial charge < -0.3 is 9.84 Å². The van der Waals surface area contributed by atoms with Crippen LogP contribution in [-0.4, -0.2) is 17.3 Å². The highest BCUT2D eigenvalue weighted by molar-refractivity contribution is 5.96. The third kappa shape index (κ3) is 2.67. The van der Waals surface area contributed by atoms with Gasteiger partial charge in [-0.15, -0.1) is 0 Å². The molecule has 0 amide bonds. The maximum Gasteiger partial charge on any atom is 0.437 e. The summed E-state index contributed by atoms with van der Waals surface area (Å²) in [4.78, 5) is 11.7. The largest absolute Gasteiger partial charge is 0.478 e. The van der Waals surface area contributed by atoms with Gasteiger partial charge in [0.25, 0.3) is 5.60 Å². The Morgan fingerprint density at radius 2 is 1.88 bits per heavy atom. The van der Waals surface area contributed by atoms with Crippen molar-refractivity contribution in [3.05, 3.63) is 70.8 Å². The third-order valence-electron chi connectivity index (χ3n) is 4.23. The van der Waals surface area contributed by atoms with Gasteiger partial charge in [-0.3, -0.25) is 0 Å². The van der Waals surface area contributed by atoms with Crippen molar-refractivity contribution in [1.29, 1.82) is 0 Å². The van der Waals surface area contributed by atoms with Gasteiger partial charge in [-0.2, -0.15) is 13.2 Å². The minimum atomic E-state index is -4.96. The van der Waals surface area contributed by atoms with Gasteiger partial charge in [-0.1, -0.05) is 49.4 Å². The van der Waals surface area contributed by atoms with E-state index < -0.39 is 23.3 Å². The van der Waals surface area contributed by atoms with E-state index in [4.69, 9.17) is 4.74 Å². The van der Waals surface area contributed by atoms with Crippen molar-refractivity contribution in [2.75, 3.05) is 0 Å². The van der Waals surface area contributed by atoms with Gasteiger partial charge in [0.2, 0.25) is 0 Å². The number of halogens is 3. The summed E-state index contributed by atoms with van der Waals surface area (Å²) in [6, 6.07) is 11.8. The highest BCUT2D eigenvalue weighted by Crippen LogP contribution is 2.51. The molecule has 2 aromatic rings. The second-order valence-corrected chi connectivity index (χ2v) is 5.74. The predicted molar refractivity (Wildman–Crippen MR) is 86.2 cm³/mol.